The van der Waals surface area contributed by atoms with Crippen molar-refractivity contribution in [2.75, 3.05) is 32.1 Å². The van der Waals surface area contributed by atoms with E-state index in [0.717, 1.165) is 40.1 Å². The highest BCUT2D eigenvalue weighted by molar-refractivity contribution is 6.09. The van der Waals surface area contributed by atoms with Crippen LogP contribution in [0.3, 0.4) is 0 Å². The summed E-state index contributed by atoms with van der Waals surface area (Å²) in [5, 5.41) is 8.14. The molecule has 1 aliphatic rings. The predicted molar refractivity (Wildman–Crippen MR) is 134 cm³/mol. The lowest BCUT2D eigenvalue weighted by Crippen LogP contribution is -2.31. The van der Waals surface area contributed by atoms with Crippen molar-refractivity contribution >= 4 is 23.2 Å². The van der Waals surface area contributed by atoms with Gasteiger partial charge in [-0.25, -0.2) is 5.84 Å². The fraction of sp³-hybridized carbons (Fsp3) is 0.292. The first-order valence-corrected chi connectivity index (χ1v) is 10.7. The van der Waals surface area contributed by atoms with Crippen LogP contribution in [0.25, 0.3) is 11.3 Å². The van der Waals surface area contributed by atoms with Crippen molar-refractivity contribution in [1.82, 2.24) is 5.01 Å². The van der Waals surface area contributed by atoms with Gasteiger partial charge in [-0.05, 0) is 42.7 Å². The molecular formula is C24H31N7O2. The second-order valence-corrected chi connectivity index (χ2v) is 7.75. The van der Waals surface area contributed by atoms with Crippen LogP contribution in [0.1, 0.15) is 36.1 Å². The summed E-state index contributed by atoms with van der Waals surface area (Å²) in [5.41, 5.74) is 18.2. The summed E-state index contributed by atoms with van der Waals surface area (Å²) in [6.45, 7) is 2.81. The number of anilines is 1. The van der Waals surface area contributed by atoms with Crippen molar-refractivity contribution in [2.24, 2.45) is 27.5 Å². The molecule has 2 aromatic carbocycles. The van der Waals surface area contributed by atoms with E-state index in [1.165, 1.54) is 0 Å². The molecule has 0 aliphatic carbocycles. The Morgan fingerprint density at radius 2 is 2.12 bits per heavy atom. The van der Waals surface area contributed by atoms with Gasteiger partial charge in [0, 0.05) is 54.6 Å². The predicted octanol–water partition coefficient (Wildman–Crippen LogP) is 3.21. The number of nitrogens with zero attached hydrogens (tertiary/aromatic N) is 3. The molecule has 9 heteroatoms. The van der Waals surface area contributed by atoms with Crippen LogP contribution < -0.4 is 27.4 Å². The third-order valence-corrected chi connectivity index (χ3v) is 5.41. The molecule has 0 amide bonds. The zero-order valence-electron chi connectivity index (χ0n) is 19.0. The highest BCUT2D eigenvalue weighted by Crippen LogP contribution is 2.36. The lowest BCUT2D eigenvalue weighted by atomic mass is 9.92. The number of allylic oxidation sites excluding steroid dienone is 2. The lowest BCUT2D eigenvalue weighted by Gasteiger charge is -2.22. The number of hydrogen-bond donors (Lipinski definition) is 4. The molecule has 1 unspecified atom stereocenters. The quantitative estimate of drug-likeness (QED) is 0.210. The van der Waals surface area contributed by atoms with E-state index in [-0.39, 0.29) is 19.2 Å². The first kappa shape index (κ1) is 23.8. The van der Waals surface area contributed by atoms with Gasteiger partial charge in [-0.1, -0.05) is 23.4 Å². The zero-order valence-corrected chi connectivity index (χ0v) is 19.0. The average Bonchev–Trinajstić information content (AvgIpc) is 2.94. The van der Waals surface area contributed by atoms with Crippen molar-refractivity contribution in [1.29, 1.82) is 0 Å². The van der Waals surface area contributed by atoms with Gasteiger partial charge in [-0.3, -0.25) is 4.99 Å². The Morgan fingerprint density at radius 3 is 2.82 bits per heavy atom. The molecule has 3 rings (SSSR count). The number of aliphatic imine (C=N–C) groups is 1. The SMILES string of the molecule is CN=CC(=CN)c1ccc2c(c1)C(Nc1cccc(OCCN=O)c1)CCN(N)/C2=C(/C)N. The van der Waals surface area contributed by atoms with Crippen molar-refractivity contribution in [3.8, 4) is 5.75 Å². The summed E-state index contributed by atoms with van der Waals surface area (Å²) >= 11 is 0. The Hall–Kier alpha value is -3.85. The first-order valence-electron chi connectivity index (χ1n) is 10.7. The van der Waals surface area contributed by atoms with Gasteiger partial charge >= 0.3 is 0 Å². The Morgan fingerprint density at radius 1 is 1.30 bits per heavy atom. The van der Waals surface area contributed by atoms with Crippen LogP contribution in [0, 0.1) is 4.91 Å². The van der Waals surface area contributed by atoms with E-state index in [0.29, 0.717) is 18.0 Å². The van der Waals surface area contributed by atoms with Gasteiger partial charge in [-0.2, -0.15) is 4.91 Å². The molecule has 0 radical (unpaired) electrons. The second kappa shape index (κ2) is 11.1. The number of hydrazine groups is 1. The van der Waals surface area contributed by atoms with Crippen molar-refractivity contribution in [2.45, 2.75) is 19.4 Å². The largest absolute Gasteiger partial charge is 0.491 e. The molecule has 7 N–H and O–H groups in total. The molecule has 1 aliphatic heterocycles. The molecule has 0 saturated carbocycles. The van der Waals surface area contributed by atoms with E-state index >= 15 is 0 Å². The van der Waals surface area contributed by atoms with Crippen LogP contribution in [0.2, 0.25) is 0 Å². The topological polar surface area (TPSA) is 144 Å². The molecule has 0 spiro atoms. The van der Waals surface area contributed by atoms with Gasteiger partial charge in [0.05, 0.1) is 11.7 Å². The molecule has 33 heavy (non-hydrogen) atoms. The number of fused-ring (bicyclic) bond motifs is 1. The van der Waals surface area contributed by atoms with Crippen LogP contribution in [0.4, 0.5) is 5.69 Å². The van der Waals surface area contributed by atoms with E-state index in [2.05, 4.69) is 21.6 Å². The Labute approximate surface area is 193 Å². The standard InChI is InChI=1S/C24H31N7O2/c1-16(26)24-21-7-6-17(18(14-25)15-28-2)12-22(21)23(8-10-31(24)27)30-19-4-3-5-20(13-19)33-11-9-29-32/h3-7,12-15,23,30H,8-11,25-27H2,1-2H3/b18-14?,24-16-,28-15?. The fourth-order valence-electron chi connectivity index (χ4n) is 3.96. The monoisotopic (exact) mass is 449 g/mol. The number of rotatable bonds is 8. The lowest BCUT2D eigenvalue weighted by molar-refractivity contribution is 0.328. The van der Waals surface area contributed by atoms with E-state index in [9.17, 15) is 4.91 Å². The third-order valence-electron chi connectivity index (χ3n) is 5.41. The maximum atomic E-state index is 10.3. The fourth-order valence-corrected chi connectivity index (χ4v) is 3.96. The normalized spacial score (nSPS) is 18.0. The van der Waals surface area contributed by atoms with Gasteiger partial charge in [0.25, 0.3) is 0 Å². The zero-order chi connectivity index (χ0) is 23.8. The number of nitrogens with two attached hydrogens (primary N) is 3. The van der Waals surface area contributed by atoms with Crippen LogP contribution >= 0.6 is 0 Å². The van der Waals surface area contributed by atoms with Crippen molar-refractivity contribution in [3.05, 3.63) is 76.0 Å². The average molecular weight is 450 g/mol. The van der Waals surface area contributed by atoms with Crippen LogP contribution in [0.15, 0.2) is 64.5 Å². The highest BCUT2D eigenvalue weighted by atomic mass is 16.5. The number of hydrogen-bond acceptors (Lipinski definition) is 9. The molecule has 1 atom stereocenters. The molecule has 2 aromatic rings. The van der Waals surface area contributed by atoms with Crippen molar-refractivity contribution < 1.29 is 4.74 Å². The molecule has 0 bridgehead atoms. The number of nitroso groups, excluding NO2 is 1. The molecule has 0 saturated heterocycles. The molecule has 0 aromatic heterocycles. The number of ether oxygens (including phenoxy) is 1. The summed E-state index contributed by atoms with van der Waals surface area (Å²) in [5.74, 6) is 7.04. The second-order valence-electron chi connectivity index (χ2n) is 7.75. The number of nitrogens with one attached hydrogen (secondary N) is 1. The van der Waals surface area contributed by atoms with Crippen LogP contribution in [-0.4, -0.2) is 38.0 Å². The van der Waals surface area contributed by atoms with Gasteiger partial charge in [-0.15, -0.1) is 0 Å². The van der Waals surface area contributed by atoms with Gasteiger partial charge in [0.2, 0.25) is 0 Å². The molecular weight excluding hydrogens is 418 g/mol. The molecule has 9 nitrogen and oxygen atoms in total. The summed E-state index contributed by atoms with van der Waals surface area (Å²) in [4.78, 5) is 14.4. The minimum absolute atomic E-state index is 0.0488. The minimum atomic E-state index is -0.0488. The van der Waals surface area contributed by atoms with Crippen LogP contribution in [0.5, 0.6) is 5.75 Å². The van der Waals surface area contributed by atoms with E-state index < -0.39 is 0 Å². The summed E-state index contributed by atoms with van der Waals surface area (Å²) in [6.07, 6.45) is 4.02. The van der Waals surface area contributed by atoms with E-state index in [4.69, 9.17) is 22.0 Å². The van der Waals surface area contributed by atoms with Gasteiger partial charge in [0.1, 0.15) is 18.9 Å². The smallest absolute Gasteiger partial charge is 0.121 e. The van der Waals surface area contributed by atoms with E-state index in [1.54, 1.807) is 24.5 Å². The summed E-state index contributed by atoms with van der Waals surface area (Å²) in [7, 11) is 1.71. The molecule has 0 fully saturated rings. The highest BCUT2D eigenvalue weighted by Gasteiger charge is 2.26. The minimum Gasteiger partial charge on any atom is -0.491 e. The van der Waals surface area contributed by atoms with Gasteiger partial charge < -0.3 is 26.5 Å². The summed E-state index contributed by atoms with van der Waals surface area (Å²) in [6, 6.07) is 13.7. The molecule has 1 heterocycles. The van der Waals surface area contributed by atoms with Crippen LogP contribution in [-0.2, 0) is 0 Å². The maximum absolute atomic E-state index is 10.3. The Balaban J connectivity index is 2.03. The third kappa shape index (κ3) is 5.69. The van der Waals surface area contributed by atoms with Crippen molar-refractivity contribution in [3.63, 3.8) is 0 Å². The summed E-state index contributed by atoms with van der Waals surface area (Å²) < 4.78 is 5.61. The van der Waals surface area contributed by atoms with E-state index in [1.807, 2.05) is 43.3 Å². The maximum Gasteiger partial charge on any atom is 0.121 e. The Kier molecular flexibility index (Phi) is 8.04. The van der Waals surface area contributed by atoms with Gasteiger partial charge in [0.15, 0.2) is 0 Å². The Bertz CT molecular complexity index is 1070. The first-order chi connectivity index (χ1) is 16.0. The number of benzene rings is 2. The molecule has 174 valence electrons.